The van der Waals surface area contributed by atoms with E-state index in [9.17, 15) is 0 Å². The van der Waals surface area contributed by atoms with Crippen molar-refractivity contribution in [2.75, 3.05) is 12.3 Å². The highest BCUT2D eigenvalue weighted by atomic mass is 16.6. The second-order valence-corrected chi connectivity index (χ2v) is 4.09. The van der Waals surface area contributed by atoms with Crippen molar-refractivity contribution >= 4 is 17.0 Å². The molecule has 110 valence electrons. The Balaban J connectivity index is 0.000000147. The molecule has 2 aromatic heterocycles. The minimum atomic E-state index is -1.38. The number of H-pyrrole nitrogens is 1. The van der Waals surface area contributed by atoms with Gasteiger partial charge in [-0.2, -0.15) is 0 Å². The second kappa shape index (κ2) is 6.07. The molecule has 20 heavy (non-hydrogen) atoms. The molecule has 0 radical (unpaired) electrons. The van der Waals surface area contributed by atoms with Crippen LogP contribution < -0.4 is 5.73 Å². The van der Waals surface area contributed by atoms with Crippen LogP contribution in [0.4, 0.5) is 5.82 Å². The summed E-state index contributed by atoms with van der Waals surface area (Å²) in [4.78, 5) is 14.4. The smallest absolute Gasteiger partial charge is 0.184 e. The molecule has 1 saturated heterocycles. The van der Waals surface area contributed by atoms with Gasteiger partial charge in [0.1, 0.15) is 30.2 Å². The number of nitrogens with zero attached hydrogens (tertiary/aromatic N) is 3. The van der Waals surface area contributed by atoms with Crippen LogP contribution in [0.1, 0.15) is 0 Å². The van der Waals surface area contributed by atoms with Gasteiger partial charge in [-0.1, -0.05) is 0 Å². The molecule has 1 unspecified atom stereocenters. The molecule has 3 rings (SSSR count). The predicted octanol–water partition coefficient (Wildman–Crippen LogP) is -2.65. The molecule has 4 atom stereocenters. The Morgan fingerprint density at radius 1 is 1.20 bits per heavy atom. The van der Waals surface area contributed by atoms with Crippen molar-refractivity contribution in [2.45, 2.75) is 24.6 Å². The number of rotatable bonds is 1. The van der Waals surface area contributed by atoms with Crippen LogP contribution in [0.25, 0.3) is 11.2 Å². The molecule has 0 amide bonds. The summed E-state index contributed by atoms with van der Waals surface area (Å²) in [6.07, 6.45) is -1.83. The lowest BCUT2D eigenvalue weighted by Crippen LogP contribution is -2.33. The number of nitrogens with one attached hydrogen (secondary N) is 1. The van der Waals surface area contributed by atoms with Crippen molar-refractivity contribution < 1.29 is 25.2 Å². The van der Waals surface area contributed by atoms with Gasteiger partial charge in [0.15, 0.2) is 17.8 Å². The minimum absolute atomic E-state index is 0.407. The number of aromatic nitrogens is 4. The monoisotopic (exact) mass is 285 g/mol. The molecule has 0 aromatic carbocycles. The van der Waals surface area contributed by atoms with E-state index in [1.54, 1.807) is 0 Å². The predicted molar refractivity (Wildman–Crippen MR) is 66.1 cm³/mol. The molecule has 10 nitrogen and oxygen atoms in total. The molecule has 10 heteroatoms. The summed E-state index contributed by atoms with van der Waals surface area (Å²) >= 11 is 0. The Morgan fingerprint density at radius 3 is 2.45 bits per heavy atom. The topological polar surface area (TPSA) is 171 Å². The van der Waals surface area contributed by atoms with Gasteiger partial charge in [-0.15, -0.1) is 0 Å². The SMILES string of the molecule is Nc1ncnc2nc[nH]c12.OC[C@H]1OC(O)[C@H](O)[C@H]1O. The lowest BCUT2D eigenvalue weighted by Gasteiger charge is -2.09. The van der Waals surface area contributed by atoms with E-state index in [1.165, 1.54) is 12.7 Å². The van der Waals surface area contributed by atoms with Gasteiger partial charge in [0.25, 0.3) is 0 Å². The van der Waals surface area contributed by atoms with E-state index in [0.717, 1.165) is 0 Å². The molecule has 0 spiro atoms. The zero-order valence-corrected chi connectivity index (χ0v) is 10.3. The zero-order valence-electron chi connectivity index (χ0n) is 10.3. The second-order valence-electron chi connectivity index (χ2n) is 4.09. The number of aromatic amines is 1. The van der Waals surface area contributed by atoms with Gasteiger partial charge in [-0.25, -0.2) is 15.0 Å². The van der Waals surface area contributed by atoms with Crippen LogP contribution in [0, 0.1) is 0 Å². The molecule has 1 aliphatic heterocycles. The van der Waals surface area contributed by atoms with Gasteiger partial charge < -0.3 is 35.9 Å². The summed E-state index contributed by atoms with van der Waals surface area (Å²) in [7, 11) is 0. The molecule has 0 saturated carbocycles. The van der Waals surface area contributed by atoms with Crippen LogP contribution in [0.2, 0.25) is 0 Å². The number of nitrogen functional groups attached to an aromatic ring is 1. The van der Waals surface area contributed by atoms with Gasteiger partial charge in [0, 0.05) is 0 Å². The van der Waals surface area contributed by atoms with E-state index in [2.05, 4.69) is 24.7 Å². The lowest BCUT2D eigenvalue weighted by molar-refractivity contribution is -0.132. The quantitative estimate of drug-likeness (QED) is 0.327. The summed E-state index contributed by atoms with van der Waals surface area (Å²) in [5, 5.41) is 35.0. The van der Waals surface area contributed by atoms with Crippen molar-refractivity contribution in [3.63, 3.8) is 0 Å². The number of imidazole rings is 1. The van der Waals surface area contributed by atoms with E-state index >= 15 is 0 Å². The number of fused-ring (bicyclic) bond motifs is 1. The average molecular weight is 285 g/mol. The Bertz CT molecular complexity index is 564. The highest BCUT2D eigenvalue weighted by molar-refractivity contribution is 5.80. The van der Waals surface area contributed by atoms with Crippen molar-refractivity contribution in [3.05, 3.63) is 12.7 Å². The minimum Gasteiger partial charge on any atom is -0.394 e. The number of nitrogens with two attached hydrogens (primary N) is 1. The molecule has 0 aliphatic carbocycles. The van der Waals surface area contributed by atoms with E-state index in [1.807, 2.05) is 0 Å². The van der Waals surface area contributed by atoms with Crippen LogP contribution in [-0.2, 0) is 4.74 Å². The van der Waals surface area contributed by atoms with Crippen molar-refractivity contribution in [3.8, 4) is 0 Å². The third-order valence-corrected chi connectivity index (χ3v) is 2.77. The Labute approximate surface area is 112 Å². The number of hydrogen-bond donors (Lipinski definition) is 6. The van der Waals surface area contributed by atoms with Crippen LogP contribution >= 0.6 is 0 Å². The molecule has 2 aromatic rings. The lowest BCUT2D eigenvalue weighted by atomic mass is 10.1. The van der Waals surface area contributed by atoms with E-state index in [4.69, 9.17) is 26.2 Å². The van der Waals surface area contributed by atoms with Crippen molar-refractivity contribution in [1.29, 1.82) is 0 Å². The largest absolute Gasteiger partial charge is 0.394 e. The van der Waals surface area contributed by atoms with Crippen LogP contribution in [0.15, 0.2) is 12.7 Å². The highest BCUT2D eigenvalue weighted by Gasteiger charge is 2.41. The van der Waals surface area contributed by atoms with Gasteiger partial charge in [-0.05, 0) is 0 Å². The summed E-state index contributed by atoms with van der Waals surface area (Å²) in [5.74, 6) is 0.433. The first-order chi connectivity index (χ1) is 9.54. The molecular weight excluding hydrogens is 270 g/mol. The molecule has 3 heterocycles. The Kier molecular flexibility index (Phi) is 4.42. The first-order valence-electron chi connectivity index (χ1n) is 5.74. The molecule has 1 fully saturated rings. The normalized spacial score (nSPS) is 29.2. The van der Waals surface area contributed by atoms with E-state index in [0.29, 0.717) is 17.0 Å². The number of hydrogen-bond acceptors (Lipinski definition) is 9. The van der Waals surface area contributed by atoms with Crippen LogP contribution in [-0.4, -0.2) is 71.6 Å². The highest BCUT2D eigenvalue weighted by Crippen LogP contribution is 2.18. The molecular formula is C10H15N5O5. The first-order valence-corrected chi connectivity index (χ1v) is 5.74. The van der Waals surface area contributed by atoms with Gasteiger partial charge in [0.2, 0.25) is 0 Å². The fourth-order valence-corrected chi connectivity index (χ4v) is 1.66. The van der Waals surface area contributed by atoms with Gasteiger partial charge in [0.05, 0.1) is 12.9 Å². The maximum Gasteiger partial charge on any atom is 0.184 e. The average Bonchev–Trinajstić information content (AvgIpc) is 3.01. The van der Waals surface area contributed by atoms with Crippen molar-refractivity contribution in [2.24, 2.45) is 0 Å². The molecule has 1 aliphatic rings. The summed E-state index contributed by atoms with van der Waals surface area (Å²) in [5.41, 5.74) is 6.78. The van der Waals surface area contributed by atoms with Gasteiger partial charge in [-0.3, -0.25) is 0 Å². The maximum atomic E-state index is 8.93. The van der Waals surface area contributed by atoms with Gasteiger partial charge >= 0.3 is 0 Å². The number of ether oxygens (including phenoxy) is 1. The van der Waals surface area contributed by atoms with E-state index in [-0.39, 0.29) is 0 Å². The fraction of sp³-hybridized carbons (Fsp3) is 0.500. The summed E-state index contributed by atoms with van der Waals surface area (Å²) in [6, 6.07) is 0. The van der Waals surface area contributed by atoms with Crippen LogP contribution in [0.3, 0.4) is 0 Å². The third kappa shape index (κ3) is 2.84. The summed E-state index contributed by atoms with van der Waals surface area (Å²) < 4.78 is 4.54. The number of aliphatic hydroxyl groups excluding tert-OH is 4. The maximum absolute atomic E-state index is 8.93. The number of anilines is 1. The van der Waals surface area contributed by atoms with Crippen molar-refractivity contribution in [1.82, 2.24) is 19.9 Å². The Hall–Kier alpha value is -1.85. The standard InChI is InChI=1S/C5H5N5.C5H10O5/c6-4-3-5(9-1-7-3)10-2-8-4;6-1-2-3(7)4(8)5(9)10-2/h1-2H,(H3,6,7,8,9,10);2-9H,1H2/t;2-,3+,4-,5?/m.1/s1. The van der Waals surface area contributed by atoms with E-state index < -0.39 is 31.2 Å². The first kappa shape index (κ1) is 14.6. The Morgan fingerprint density at radius 2 is 1.95 bits per heavy atom. The summed E-state index contributed by atoms with van der Waals surface area (Å²) in [6.45, 7) is -0.407. The number of aliphatic hydroxyl groups is 4. The molecule has 0 bridgehead atoms. The fourth-order valence-electron chi connectivity index (χ4n) is 1.66. The molecule has 7 N–H and O–H groups in total. The van der Waals surface area contributed by atoms with Crippen LogP contribution in [0.5, 0.6) is 0 Å². The third-order valence-electron chi connectivity index (χ3n) is 2.77. The zero-order chi connectivity index (χ0) is 14.7.